The van der Waals surface area contributed by atoms with Crippen molar-refractivity contribution in [3.05, 3.63) is 93.3 Å². The molecule has 3 N–H and O–H groups in total. The van der Waals surface area contributed by atoms with Gasteiger partial charge in [0.05, 0.1) is 42.3 Å². The van der Waals surface area contributed by atoms with Gasteiger partial charge in [0.2, 0.25) is 22.7 Å². The van der Waals surface area contributed by atoms with E-state index in [0.717, 1.165) is 16.6 Å². The minimum absolute atomic E-state index is 0.0539. The Morgan fingerprint density at radius 3 is 2.16 bits per heavy atom. The zero-order chi connectivity index (χ0) is 39.8. The first-order valence-electron chi connectivity index (χ1n) is 16.6. The van der Waals surface area contributed by atoms with Crippen LogP contribution in [0.25, 0.3) is 53.9 Å². The number of benzene rings is 5. The lowest BCUT2D eigenvalue weighted by Gasteiger charge is -2.36. The zero-order valence-corrected chi connectivity index (χ0v) is 29.4. The van der Waals surface area contributed by atoms with Gasteiger partial charge in [0.15, 0.2) is 17.5 Å². The van der Waals surface area contributed by atoms with Crippen molar-refractivity contribution in [1.82, 2.24) is 14.8 Å². The van der Waals surface area contributed by atoms with E-state index in [9.17, 15) is 53.4 Å². The van der Waals surface area contributed by atoms with Crippen LogP contribution in [0, 0.1) is 6.92 Å². The first-order valence-corrected chi connectivity index (χ1v) is 16.6. The first kappa shape index (κ1) is 36.2. The molecule has 0 spiro atoms. The van der Waals surface area contributed by atoms with Crippen LogP contribution < -0.4 is 37.3 Å². The Balaban J connectivity index is 1.42. The molecule has 6 aromatic rings. The van der Waals surface area contributed by atoms with Gasteiger partial charge >= 0.3 is 11.9 Å². The van der Waals surface area contributed by atoms with Gasteiger partial charge in [-0.3, -0.25) is 33.6 Å². The second-order valence-corrected chi connectivity index (χ2v) is 13.0. The summed E-state index contributed by atoms with van der Waals surface area (Å²) in [6.07, 6.45) is 0. The van der Waals surface area contributed by atoms with Crippen molar-refractivity contribution in [2.75, 3.05) is 27.4 Å². The lowest BCUT2D eigenvalue weighted by atomic mass is 9.92. The van der Waals surface area contributed by atoms with Crippen molar-refractivity contribution in [3.8, 4) is 17.2 Å². The molecule has 2 amide bonds. The number of methoxy groups -OCH3 is 2. The summed E-state index contributed by atoms with van der Waals surface area (Å²) < 4.78 is 15.8. The highest BCUT2D eigenvalue weighted by Crippen LogP contribution is 2.43. The maximum Gasteiger partial charge on any atom is 0.344 e. The summed E-state index contributed by atoms with van der Waals surface area (Å²) in [4.78, 5) is 122. The summed E-state index contributed by atoms with van der Waals surface area (Å²) in [6, 6.07) is 5.18. The minimum atomic E-state index is -1.36. The van der Waals surface area contributed by atoms with Gasteiger partial charge in [0.25, 0.3) is 5.56 Å². The van der Waals surface area contributed by atoms with Crippen LogP contribution in [0.3, 0.4) is 0 Å². The van der Waals surface area contributed by atoms with E-state index in [0.29, 0.717) is 0 Å². The minimum Gasteiger partial charge on any atom is -0.507 e. The van der Waals surface area contributed by atoms with E-state index in [2.05, 4.69) is 10.1 Å². The summed E-state index contributed by atoms with van der Waals surface area (Å²) in [5, 5.41) is 21.2. The van der Waals surface area contributed by atoms with Crippen molar-refractivity contribution in [3.63, 3.8) is 0 Å². The Kier molecular flexibility index (Phi) is 8.59. The molecule has 1 fully saturated rings. The predicted octanol–water partition coefficient (Wildman–Crippen LogP) is 0.0906. The van der Waals surface area contributed by atoms with Crippen LogP contribution in [-0.2, 0) is 35.2 Å². The summed E-state index contributed by atoms with van der Waals surface area (Å²) in [6.45, 7) is 0.940. The Morgan fingerprint density at radius 1 is 0.800 bits per heavy atom. The van der Waals surface area contributed by atoms with Gasteiger partial charge in [0, 0.05) is 38.0 Å². The fraction of sp³-hybridized carbons (Fsp3) is 0.237. The molecule has 0 saturated carbocycles. The third kappa shape index (κ3) is 5.33. The maximum absolute atomic E-state index is 14.5. The van der Waals surface area contributed by atoms with E-state index in [4.69, 9.17) is 9.47 Å². The molecule has 2 atom stereocenters. The number of fused-ring (bicyclic) bond motifs is 6. The number of ether oxygens (including phenoxy) is 3. The second kappa shape index (κ2) is 13.0. The fourth-order valence-electron chi connectivity index (χ4n) is 7.27. The average Bonchev–Trinajstić information content (AvgIpc) is 3.16. The van der Waals surface area contributed by atoms with Crippen LogP contribution >= 0.6 is 0 Å². The molecule has 2 heterocycles. The van der Waals surface area contributed by atoms with E-state index < -0.39 is 110 Å². The number of carbonyl (C=O) groups excluding carboxylic acids is 4. The maximum atomic E-state index is 14.5. The molecule has 1 saturated heterocycles. The molecular formula is C38H29N3O14. The number of aromatic hydroxyl groups is 2. The number of hydrogen-bond donors (Lipinski definition) is 3. The SMILES string of the molecule is COC(=O)COC(=O)C1CN(C(=O)Cn2c(C)cc3c(=O)c4ccc5c(OC)c6c(=O)c7c(O)cccc7c(=O)c6c(O)c5c4c(=O)c3c2=O)C(C)C(=O)N1. The number of carbonyl (C=O) groups is 4. The highest BCUT2D eigenvalue weighted by Gasteiger charge is 2.39. The van der Waals surface area contributed by atoms with Crippen molar-refractivity contribution in [2.24, 2.45) is 0 Å². The topological polar surface area (TPSA) is 242 Å². The fourth-order valence-corrected chi connectivity index (χ4v) is 7.27. The molecule has 7 rings (SSSR count). The molecule has 17 nitrogen and oxygen atoms in total. The second-order valence-electron chi connectivity index (χ2n) is 13.0. The van der Waals surface area contributed by atoms with Crippen molar-refractivity contribution >= 4 is 77.6 Å². The molecule has 0 radical (unpaired) electrons. The molecule has 0 aliphatic carbocycles. The number of nitrogens with one attached hydrogen (secondary N) is 1. The van der Waals surface area contributed by atoms with Crippen LogP contribution in [-0.4, -0.2) is 82.9 Å². The largest absolute Gasteiger partial charge is 0.507 e. The molecule has 55 heavy (non-hydrogen) atoms. The predicted molar refractivity (Wildman–Crippen MR) is 196 cm³/mol. The van der Waals surface area contributed by atoms with Gasteiger partial charge in [-0.2, -0.15) is 0 Å². The van der Waals surface area contributed by atoms with Gasteiger partial charge in [-0.05, 0) is 38.1 Å². The third-order valence-corrected chi connectivity index (χ3v) is 10.0. The van der Waals surface area contributed by atoms with Crippen LogP contribution in [0.2, 0.25) is 0 Å². The van der Waals surface area contributed by atoms with Gasteiger partial charge in [-0.15, -0.1) is 0 Å². The number of esters is 2. The summed E-state index contributed by atoms with van der Waals surface area (Å²) >= 11 is 0. The Labute approximate surface area is 306 Å². The lowest BCUT2D eigenvalue weighted by molar-refractivity contribution is -0.161. The molecule has 5 aromatic carbocycles. The quantitative estimate of drug-likeness (QED) is 0.116. The van der Waals surface area contributed by atoms with Crippen LogP contribution in [0.4, 0.5) is 0 Å². The molecule has 1 aromatic heterocycles. The number of nitrogens with zero attached hydrogens (tertiary/aromatic N) is 2. The Morgan fingerprint density at radius 2 is 1.47 bits per heavy atom. The van der Waals surface area contributed by atoms with Crippen LogP contribution in [0.1, 0.15) is 12.6 Å². The molecular weight excluding hydrogens is 722 g/mol. The summed E-state index contributed by atoms with van der Waals surface area (Å²) in [5.41, 5.74) is -4.50. The number of phenols is 2. The summed E-state index contributed by atoms with van der Waals surface area (Å²) in [7, 11) is 2.27. The lowest BCUT2D eigenvalue weighted by Crippen LogP contribution is -2.63. The number of aryl methyl sites for hydroxylation is 1. The zero-order valence-electron chi connectivity index (χ0n) is 29.4. The normalized spacial score (nSPS) is 15.9. The van der Waals surface area contributed by atoms with Crippen molar-refractivity contribution in [1.29, 1.82) is 0 Å². The van der Waals surface area contributed by atoms with E-state index in [1.165, 1.54) is 57.4 Å². The molecule has 1 aliphatic rings. The summed E-state index contributed by atoms with van der Waals surface area (Å²) in [5.74, 6) is -4.96. The van der Waals surface area contributed by atoms with E-state index in [-0.39, 0.29) is 49.1 Å². The molecule has 2 unspecified atom stereocenters. The number of rotatable bonds is 6. The number of amides is 2. The van der Waals surface area contributed by atoms with E-state index >= 15 is 0 Å². The smallest absolute Gasteiger partial charge is 0.344 e. The number of aromatic nitrogens is 1. The highest BCUT2D eigenvalue weighted by molar-refractivity contribution is 6.23. The average molecular weight is 752 g/mol. The number of piperazine rings is 1. The van der Waals surface area contributed by atoms with Crippen LogP contribution in [0.5, 0.6) is 17.2 Å². The molecule has 280 valence electrons. The first-order chi connectivity index (χ1) is 26.1. The van der Waals surface area contributed by atoms with Gasteiger partial charge in [0.1, 0.15) is 35.9 Å². The van der Waals surface area contributed by atoms with E-state index in [1.807, 2.05) is 0 Å². The van der Waals surface area contributed by atoms with E-state index in [1.54, 1.807) is 0 Å². The monoisotopic (exact) mass is 751 g/mol. The Bertz CT molecular complexity index is 3030. The number of phenolic OH excluding ortho intramolecular Hbond substituents is 2. The third-order valence-electron chi connectivity index (χ3n) is 10.0. The van der Waals surface area contributed by atoms with Gasteiger partial charge in [-0.25, -0.2) is 9.59 Å². The Hall–Kier alpha value is -7.17. The standard InChI is InChI=1S/C38H29N3O14/c1-14-10-19-27(37(51)40(14)12-22(43)41-11-20(39-36(50)15(41)2)38(52)55-13-23(44)53-3)33(48)25-17(30(19)45)8-9-18-26(25)34(49)28-29(35(18)54-4)32(47)24-16(31(28)46)6-5-7-21(24)42/h5-10,15,20,42,49H,11-13H2,1-4H3,(H,39,50). The van der Waals surface area contributed by atoms with Gasteiger partial charge < -0.3 is 39.2 Å². The van der Waals surface area contributed by atoms with Crippen LogP contribution in [0.15, 0.2) is 60.4 Å². The number of pyridine rings is 1. The molecule has 17 heteroatoms. The number of hydrogen-bond acceptors (Lipinski definition) is 14. The molecule has 1 aliphatic heterocycles. The molecule has 0 bridgehead atoms. The van der Waals surface area contributed by atoms with Crippen molar-refractivity contribution < 1.29 is 43.6 Å². The van der Waals surface area contributed by atoms with Crippen molar-refractivity contribution in [2.45, 2.75) is 32.5 Å². The van der Waals surface area contributed by atoms with Gasteiger partial charge in [-0.1, -0.05) is 12.1 Å². The highest BCUT2D eigenvalue weighted by atomic mass is 16.6.